The highest BCUT2D eigenvalue weighted by Crippen LogP contribution is 2.29. The lowest BCUT2D eigenvalue weighted by molar-refractivity contribution is -0.137. The van der Waals surface area contributed by atoms with Crippen molar-refractivity contribution in [2.24, 2.45) is 7.05 Å². The summed E-state index contributed by atoms with van der Waals surface area (Å²) in [6.45, 7) is 0.0239. The number of nitrogens with zero attached hydrogens (tertiary/aromatic N) is 3. The van der Waals surface area contributed by atoms with Crippen LogP contribution in [0, 0.1) is 5.82 Å². The second kappa shape index (κ2) is 7.82. The first-order chi connectivity index (χ1) is 14.7. The molecular formula is C22H16F4N4O. The second-order valence-electron chi connectivity index (χ2n) is 6.92. The fourth-order valence-electron chi connectivity index (χ4n) is 3.20. The number of aromatic nitrogens is 3. The van der Waals surface area contributed by atoms with Crippen LogP contribution < -0.4 is 5.32 Å². The van der Waals surface area contributed by atoms with Gasteiger partial charge in [-0.25, -0.2) is 9.37 Å². The lowest BCUT2D eigenvalue weighted by atomic mass is 10.1. The fraction of sp³-hybridized carbons (Fsp3) is 0.136. The van der Waals surface area contributed by atoms with Crippen LogP contribution in [0.1, 0.15) is 21.5 Å². The topological polar surface area (TPSA) is 59.8 Å². The lowest BCUT2D eigenvalue weighted by Crippen LogP contribution is -2.23. The number of benzene rings is 2. The minimum atomic E-state index is -4.42. The Hall–Kier alpha value is -3.75. The van der Waals surface area contributed by atoms with E-state index in [2.05, 4.69) is 15.4 Å². The van der Waals surface area contributed by atoms with Crippen molar-refractivity contribution in [1.82, 2.24) is 20.1 Å². The lowest BCUT2D eigenvalue weighted by Gasteiger charge is -2.10. The van der Waals surface area contributed by atoms with Crippen molar-refractivity contribution in [2.75, 3.05) is 0 Å². The molecule has 0 unspecified atom stereocenters. The van der Waals surface area contributed by atoms with Crippen molar-refractivity contribution < 1.29 is 22.4 Å². The number of pyridine rings is 1. The summed E-state index contributed by atoms with van der Waals surface area (Å²) >= 11 is 0. The Kier molecular flexibility index (Phi) is 5.18. The van der Waals surface area contributed by atoms with Crippen molar-refractivity contribution in [3.63, 3.8) is 0 Å². The Morgan fingerprint density at radius 3 is 2.48 bits per heavy atom. The molecule has 0 bridgehead atoms. The molecule has 158 valence electrons. The summed E-state index contributed by atoms with van der Waals surface area (Å²) in [4.78, 5) is 17.3. The normalized spacial score (nSPS) is 11.6. The fourth-order valence-corrected chi connectivity index (χ4v) is 3.20. The molecule has 0 spiro atoms. The first kappa shape index (κ1) is 20.5. The van der Waals surface area contributed by atoms with E-state index >= 15 is 0 Å². The first-order valence-electron chi connectivity index (χ1n) is 9.26. The molecular weight excluding hydrogens is 412 g/mol. The number of hydrogen-bond donors (Lipinski definition) is 1. The molecule has 0 aliphatic heterocycles. The van der Waals surface area contributed by atoms with E-state index in [1.807, 2.05) is 0 Å². The van der Waals surface area contributed by atoms with Gasteiger partial charge in [0.05, 0.1) is 28.4 Å². The molecule has 4 aromatic rings. The average Bonchev–Trinajstić information content (AvgIpc) is 3.12. The highest BCUT2D eigenvalue weighted by Gasteiger charge is 2.29. The molecule has 0 saturated carbocycles. The molecule has 2 aromatic heterocycles. The predicted octanol–water partition coefficient (Wildman–Crippen LogP) is 4.72. The van der Waals surface area contributed by atoms with Gasteiger partial charge >= 0.3 is 6.18 Å². The van der Waals surface area contributed by atoms with Crippen LogP contribution in [0.5, 0.6) is 0 Å². The van der Waals surface area contributed by atoms with Crippen molar-refractivity contribution in [1.29, 1.82) is 0 Å². The van der Waals surface area contributed by atoms with Crippen LogP contribution in [0.15, 0.2) is 60.8 Å². The maximum atomic E-state index is 14.3. The molecule has 1 N–H and O–H groups in total. The summed E-state index contributed by atoms with van der Waals surface area (Å²) in [5, 5.41) is 7.29. The molecule has 5 nitrogen and oxygen atoms in total. The zero-order valence-corrected chi connectivity index (χ0v) is 16.2. The van der Waals surface area contributed by atoms with Gasteiger partial charge < -0.3 is 5.32 Å². The van der Waals surface area contributed by atoms with E-state index in [4.69, 9.17) is 0 Å². The maximum Gasteiger partial charge on any atom is 0.416 e. The van der Waals surface area contributed by atoms with E-state index in [1.54, 1.807) is 25.2 Å². The molecule has 0 aliphatic carbocycles. The van der Waals surface area contributed by atoms with Gasteiger partial charge in [0, 0.05) is 19.2 Å². The SMILES string of the molecule is Cn1ncc2c(C(=O)NCc3ccc(C(F)(F)F)cc3)cc(-c3ccccc3F)nc21. The zero-order chi connectivity index (χ0) is 22.2. The van der Waals surface area contributed by atoms with Gasteiger partial charge in [-0.1, -0.05) is 24.3 Å². The molecule has 31 heavy (non-hydrogen) atoms. The highest BCUT2D eigenvalue weighted by molar-refractivity contribution is 6.06. The summed E-state index contributed by atoms with van der Waals surface area (Å²) in [5.41, 5.74) is 0.899. The van der Waals surface area contributed by atoms with Crippen LogP contribution in [-0.4, -0.2) is 20.7 Å². The van der Waals surface area contributed by atoms with E-state index in [0.29, 0.717) is 16.6 Å². The summed E-state index contributed by atoms with van der Waals surface area (Å²) in [6, 6.07) is 12.1. The van der Waals surface area contributed by atoms with Crippen LogP contribution in [0.25, 0.3) is 22.3 Å². The number of aryl methyl sites for hydroxylation is 1. The number of amides is 1. The molecule has 0 fully saturated rings. The third kappa shape index (κ3) is 4.11. The minimum Gasteiger partial charge on any atom is -0.348 e. The van der Waals surface area contributed by atoms with E-state index in [9.17, 15) is 22.4 Å². The van der Waals surface area contributed by atoms with Gasteiger partial charge in [-0.05, 0) is 35.9 Å². The molecule has 9 heteroatoms. The number of rotatable bonds is 4. The number of nitrogens with one attached hydrogen (secondary N) is 1. The van der Waals surface area contributed by atoms with Crippen LogP contribution >= 0.6 is 0 Å². The van der Waals surface area contributed by atoms with Crippen molar-refractivity contribution in [3.8, 4) is 11.3 Å². The summed E-state index contributed by atoms with van der Waals surface area (Å²) in [7, 11) is 1.66. The molecule has 0 atom stereocenters. The van der Waals surface area contributed by atoms with E-state index in [0.717, 1.165) is 12.1 Å². The highest BCUT2D eigenvalue weighted by atomic mass is 19.4. The Balaban J connectivity index is 1.64. The smallest absolute Gasteiger partial charge is 0.348 e. The van der Waals surface area contributed by atoms with E-state index in [1.165, 1.54) is 35.1 Å². The third-order valence-electron chi connectivity index (χ3n) is 4.83. The maximum absolute atomic E-state index is 14.3. The minimum absolute atomic E-state index is 0.0239. The van der Waals surface area contributed by atoms with Crippen molar-refractivity contribution in [2.45, 2.75) is 12.7 Å². The largest absolute Gasteiger partial charge is 0.416 e. The molecule has 1 amide bonds. The Morgan fingerprint density at radius 2 is 1.81 bits per heavy atom. The van der Waals surface area contributed by atoms with Gasteiger partial charge in [0.1, 0.15) is 5.82 Å². The Morgan fingerprint density at radius 1 is 1.10 bits per heavy atom. The Bertz CT molecular complexity index is 1260. The van der Waals surface area contributed by atoms with Gasteiger partial charge in [0.15, 0.2) is 5.65 Å². The van der Waals surface area contributed by atoms with Gasteiger partial charge in [-0.2, -0.15) is 18.3 Å². The first-order valence-corrected chi connectivity index (χ1v) is 9.26. The van der Waals surface area contributed by atoms with Gasteiger partial charge in [-0.15, -0.1) is 0 Å². The van der Waals surface area contributed by atoms with Gasteiger partial charge in [0.25, 0.3) is 5.91 Å². The monoisotopic (exact) mass is 428 g/mol. The van der Waals surface area contributed by atoms with E-state index < -0.39 is 23.5 Å². The van der Waals surface area contributed by atoms with Crippen molar-refractivity contribution >= 4 is 16.9 Å². The number of alkyl halides is 3. The number of hydrogen-bond acceptors (Lipinski definition) is 3. The summed E-state index contributed by atoms with van der Waals surface area (Å²) in [5.74, 6) is -0.953. The average molecular weight is 428 g/mol. The number of carbonyl (C=O) groups excluding carboxylic acids is 1. The standard InChI is InChI=1S/C22H16F4N4O/c1-30-20-17(12-28-30)16(10-19(29-20)15-4-2-3-5-18(15)23)21(31)27-11-13-6-8-14(9-7-13)22(24,25)26/h2-10,12H,11H2,1H3,(H,27,31). The quantitative estimate of drug-likeness (QED) is 0.479. The second-order valence-corrected chi connectivity index (χ2v) is 6.92. The zero-order valence-electron chi connectivity index (χ0n) is 16.2. The number of fused-ring (bicyclic) bond motifs is 1. The third-order valence-corrected chi connectivity index (χ3v) is 4.83. The van der Waals surface area contributed by atoms with Crippen molar-refractivity contribution in [3.05, 3.63) is 83.3 Å². The summed E-state index contributed by atoms with van der Waals surface area (Å²) < 4.78 is 53.9. The van der Waals surface area contributed by atoms with Crippen LogP contribution in [0.3, 0.4) is 0 Å². The van der Waals surface area contributed by atoms with Crippen LogP contribution in [-0.2, 0) is 19.8 Å². The van der Waals surface area contributed by atoms with Crippen LogP contribution in [0.2, 0.25) is 0 Å². The summed E-state index contributed by atoms with van der Waals surface area (Å²) in [6.07, 6.45) is -2.94. The Labute approximate surface area is 174 Å². The van der Waals surface area contributed by atoms with E-state index in [-0.39, 0.29) is 23.4 Å². The molecule has 4 rings (SSSR count). The predicted molar refractivity (Wildman–Crippen MR) is 107 cm³/mol. The van der Waals surface area contributed by atoms with Gasteiger partial charge in [-0.3, -0.25) is 9.48 Å². The van der Waals surface area contributed by atoms with Crippen LogP contribution in [0.4, 0.5) is 17.6 Å². The number of halogens is 4. The molecule has 0 radical (unpaired) electrons. The number of carbonyl (C=O) groups is 1. The van der Waals surface area contributed by atoms with Gasteiger partial charge in [0.2, 0.25) is 0 Å². The molecule has 0 saturated heterocycles. The molecule has 2 aromatic carbocycles. The molecule has 0 aliphatic rings. The molecule has 2 heterocycles.